The molecule has 5 fully saturated rings. The van der Waals surface area contributed by atoms with Crippen LogP contribution in [0.1, 0.15) is 100 Å². The highest BCUT2D eigenvalue weighted by atomic mass is 16.7. The minimum atomic E-state index is -1.46. The molecule has 6 heterocycles. The maximum Gasteiger partial charge on any atom is 0.311 e. The molecule has 16 nitrogen and oxygen atoms in total. The van der Waals surface area contributed by atoms with Crippen molar-refractivity contribution in [2.24, 2.45) is 17.8 Å². The van der Waals surface area contributed by atoms with Crippen molar-refractivity contribution in [3.05, 3.63) is 36.0 Å². The van der Waals surface area contributed by atoms with Crippen LogP contribution in [0, 0.1) is 17.8 Å². The van der Waals surface area contributed by atoms with Crippen LogP contribution in [0.4, 0.5) is 0 Å². The molecule has 1 aromatic carbocycles. The summed E-state index contributed by atoms with van der Waals surface area (Å²) in [6.45, 7) is 23.2. The molecule has 0 radical (unpaired) electrons. The monoisotopic (exact) mass is 932 g/mol. The zero-order chi connectivity index (χ0) is 48.5. The fourth-order valence-electron chi connectivity index (χ4n) is 11.4. The lowest BCUT2D eigenvalue weighted by Gasteiger charge is -2.54. The van der Waals surface area contributed by atoms with E-state index in [1.54, 1.807) is 21.1 Å². The summed E-state index contributed by atoms with van der Waals surface area (Å²) < 4.78 is 45.8. The van der Waals surface area contributed by atoms with Crippen LogP contribution in [-0.2, 0) is 38.0 Å². The first-order chi connectivity index (χ1) is 31.1. The minimum Gasteiger partial charge on any atom is -0.459 e. The van der Waals surface area contributed by atoms with Gasteiger partial charge in [-0.3, -0.25) is 14.6 Å². The number of aliphatic hydroxyl groups is 3. The highest BCUT2D eigenvalue weighted by molar-refractivity contribution is 5.80. The number of aromatic nitrogens is 1. The molecule has 0 amide bonds. The predicted octanol–water partition coefficient (Wildman–Crippen LogP) is 4.30. The van der Waals surface area contributed by atoms with Gasteiger partial charge in [0.05, 0.1) is 42.0 Å². The van der Waals surface area contributed by atoms with Gasteiger partial charge in [0.15, 0.2) is 12.6 Å². The molecule has 1 unspecified atom stereocenters. The first kappa shape index (κ1) is 53.1. The van der Waals surface area contributed by atoms with Gasteiger partial charge < -0.3 is 63.7 Å². The number of aromatic amines is 1. The van der Waals surface area contributed by atoms with E-state index in [2.05, 4.69) is 58.2 Å². The number of hydrogen-bond acceptors (Lipinski definition) is 15. The number of hydrogen-bond donors (Lipinski definition) is 5. The third kappa shape index (κ3) is 11.0. The second kappa shape index (κ2) is 21.8. The second-order valence-electron chi connectivity index (χ2n) is 20.9. The number of rotatable bonds is 15. The number of methoxy groups -OCH3 is 2. The van der Waals surface area contributed by atoms with Crippen LogP contribution < -0.4 is 5.32 Å². The van der Waals surface area contributed by atoms with E-state index >= 15 is 0 Å². The standard InChI is InChI=1S/C50H85N5O11/c1-15-54(33(6)37-17-16-36-18-19-52-39(36)23-37)21-20-51-28-50(59)35(8)63-41(25-49(50,10)61-14)65-44-31(4)45(66-47-43(57)40(53(11)12)22-30(3)62-47)48(9,60-13)24-29(2)42(56)34(7)55-26-38(27-55)64-46(58)32(44)5/h16-19,23,29-35,38,40-45,47,51-52,56-57,59H,15,20-22,24-28H2,1-14H3/t29-,30-,31+,32-,33?,34+,35+,40+,41+,42+,43-,44+,45-,47+,48+,49-,50-/m1/s1. The lowest BCUT2D eigenvalue weighted by atomic mass is 9.74. The summed E-state index contributed by atoms with van der Waals surface area (Å²) >= 11 is 0. The Labute approximate surface area is 394 Å². The number of fused-ring (bicyclic) bond motifs is 11. The average molecular weight is 932 g/mol. The molecule has 16 heteroatoms. The molecular weight excluding hydrogens is 847 g/mol. The van der Waals surface area contributed by atoms with E-state index in [1.807, 2.05) is 73.7 Å². The van der Waals surface area contributed by atoms with E-state index in [-0.39, 0.29) is 49.2 Å². The van der Waals surface area contributed by atoms with E-state index in [1.165, 1.54) is 10.9 Å². The summed E-state index contributed by atoms with van der Waals surface area (Å²) in [6, 6.07) is 8.39. The SMILES string of the molecule is CCN(CCNC[C@@]1(O)[C@H](C)O[C@@H](O[C@H]2[C@H](C)[C@@H](O[C@@H]3O[C@H](C)C[C@H](N(C)C)[C@H]3O)[C@@](C)(OC)C[C@@H](C)[C@H](O)[C@H](C)N3CC(C3)OC(=O)[C@@H]2C)C[C@@]1(C)OC)C(C)c1ccc2cc[nH]c2c1. The van der Waals surface area contributed by atoms with Crippen molar-refractivity contribution in [1.82, 2.24) is 25.0 Å². The Kier molecular flexibility index (Phi) is 17.5. The summed E-state index contributed by atoms with van der Waals surface area (Å²) in [7, 11) is 7.08. The zero-order valence-corrected chi connectivity index (χ0v) is 42.4. The minimum absolute atomic E-state index is 0.147. The Hall–Kier alpha value is -2.29. The number of nitrogens with zero attached hydrogens (tertiary/aromatic N) is 3. The number of benzene rings is 1. The first-order valence-electron chi connectivity index (χ1n) is 24.5. The molecule has 66 heavy (non-hydrogen) atoms. The van der Waals surface area contributed by atoms with Crippen molar-refractivity contribution in [3.63, 3.8) is 0 Å². The van der Waals surface area contributed by atoms with E-state index in [9.17, 15) is 20.1 Å². The van der Waals surface area contributed by atoms with Crippen LogP contribution >= 0.6 is 0 Å². The molecule has 0 saturated carbocycles. The highest BCUT2D eigenvalue weighted by Crippen LogP contribution is 2.44. The summed E-state index contributed by atoms with van der Waals surface area (Å²) in [5, 5.41) is 40.7. The molecule has 5 N–H and O–H groups in total. The van der Waals surface area contributed by atoms with Gasteiger partial charge in [0.2, 0.25) is 0 Å². The smallest absolute Gasteiger partial charge is 0.311 e. The first-order valence-corrected chi connectivity index (χ1v) is 24.5. The van der Waals surface area contributed by atoms with Crippen molar-refractivity contribution in [3.8, 4) is 0 Å². The topological polar surface area (TPSA) is 180 Å². The Balaban J connectivity index is 1.24. The number of aliphatic hydroxyl groups excluding tert-OH is 2. The van der Waals surface area contributed by atoms with Crippen molar-refractivity contribution in [2.75, 3.05) is 67.6 Å². The zero-order valence-electron chi connectivity index (χ0n) is 42.4. The number of ether oxygens (including phenoxy) is 7. The molecular formula is C50H85N5O11. The van der Waals surface area contributed by atoms with E-state index in [4.69, 9.17) is 33.2 Å². The average Bonchev–Trinajstić information content (AvgIpc) is 3.75. The van der Waals surface area contributed by atoms with Gasteiger partial charge in [-0.05, 0) is 111 Å². The Morgan fingerprint density at radius 1 is 0.985 bits per heavy atom. The van der Waals surface area contributed by atoms with Crippen LogP contribution in [0.5, 0.6) is 0 Å². The van der Waals surface area contributed by atoms with Gasteiger partial charge in [0, 0.05) is 89.1 Å². The Bertz CT molecular complexity index is 1870. The molecule has 0 aliphatic carbocycles. The van der Waals surface area contributed by atoms with Crippen LogP contribution in [-0.4, -0.2) is 193 Å². The number of carbonyl (C=O) groups excluding carboxylic acids is 1. The van der Waals surface area contributed by atoms with Crippen LogP contribution in [0.25, 0.3) is 10.9 Å². The molecule has 5 aliphatic rings. The summed E-state index contributed by atoms with van der Waals surface area (Å²) in [4.78, 5) is 24.1. The van der Waals surface area contributed by atoms with Gasteiger partial charge in [-0.1, -0.05) is 32.9 Å². The maximum absolute atomic E-state index is 14.3. The molecule has 7 rings (SSSR count). The predicted molar refractivity (Wildman–Crippen MR) is 253 cm³/mol. The lowest BCUT2D eigenvalue weighted by Crippen LogP contribution is -2.70. The normalized spacial score (nSPS) is 42.2. The number of carbonyl (C=O) groups is 1. The largest absolute Gasteiger partial charge is 0.459 e. The van der Waals surface area contributed by atoms with Crippen molar-refractivity contribution in [2.45, 2.75) is 179 Å². The third-order valence-electron chi connectivity index (χ3n) is 16.3. The number of likely N-dealkylation sites (N-methyl/N-ethyl adjacent to an activating group) is 2. The van der Waals surface area contributed by atoms with Gasteiger partial charge in [-0.2, -0.15) is 0 Å². The van der Waals surface area contributed by atoms with Gasteiger partial charge in [0.25, 0.3) is 0 Å². The number of esters is 1. The van der Waals surface area contributed by atoms with E-state index in [0.29, 0.717) is 32.5 Å². The maximum atomic E-state index is 14.3. The van der Waals surface area contributed by atoms with Crippen LogP contribution in [0.2, 0.25) is 0 Å². The lowest BCUT2D eigenvalue weighted by molar-refractivity contribution is -0.337. The molecule has 2 aromatic rings. The molecule has 1 aromatic heterocycles. The van der Waals surface area contributed by atoms with Gasteiger partial charge in [0.1, 0.15) is 23.4 Å². The molecule has 0 spiro atoms. The van der Waals surface area contributed by atoms with E-state index < -0.39 is 77.7 Å². The molecule has 5 saturated heterocycles. The van der Waals surface area contributed by atoms with Gasteiger partial charge in [-0.15, -0.1) is 0 Å². The van der Waals surface area contributed by atoms with Crippen molar-refractivity contribution < 1.29 is 53.3 Å². The molecule has 17 atom stereocenters. The quantitative estimate of drug-likeness (QED) is 0.126. The van der Waals surface area contributed by atoms with Crippen molar-refractivity contribution >= 4 is 16.9 Å². The molecule has 2 bridgehead atoms. The fourth-order valence-corrected chi connectivity index (χ4v) is 11.4. The summed E-state index contributed by atoms with van der Waals surface area (Å²) in [6.07, 6.45) is -3.56. The van der Waals surface area contributed by atoms with Gasteiger partial charge >= 0.3 is 5.97 Å². The highest BCUT2D eigenvalue weighted by Gasteiger charge is 2.58. The van der Waals surface area contributed by atoms with E-state index in [0.717, 1.165) is 18.6 Å². The number of nitrogens with one attached hydrogen (secondary N) is 2. The third-order valence-corrected chi connectivity index (χ3v) is 16.3. The molecule has 5 aliphatic heterocycles. The van der Waals surface area contributed by atoms with Gasteiger partial charge in [-0.25, -0.2) is 0 Å². The van der Waals surface area contributed by atoms with Crippen molar-refractivity contribution in [1.29, 1.82) is 0 Å². The number of H-pyrrole nitrogens is 1. The second-order valence-corrected chi connectivity index (χ2v) is 20.9. The summed E-state index contributed by atoms with van der Waals surface area (Å²) in [5.74, 6) is -2.07. The molecule has 376 valence electrons. The Morgan fingerprint density at radius 3 is 2.35 bits per heavy atom. The van der Waals surface area contributed by atoms with Crippen LogP contribution in [0.15, 0.2) is 30.5 Å². The van der Waals surface area contributed by atoms with Crippen LogP contribution in [0.3, 0.4) is 0 Å². The Morgan fingerprint density at radius 2 is 1.70 bits per heavy atom. The fraction of sp³-hybridized carbons (Fsp3) is 0.820. The summed E-state index contributed by atoms with van der Waals surface area (Å²) in [5.41, 5.74) is -1.31.